The number of nitrogens with zero attached hydrogens (tertiary/aromatic N) is 1. The van der Waals surface area contributed by atoms with Crippen LogP contribution in [-0.4, -0.2) is 29.2 Å². The predicted molar refractivity (Wildman–Crippen MR) is 112 cm³/mol. The third-order valence-corrected chi connectivity index (χ3v) is 4.43. The number of thiocarbonyl (C=S) groups is 1. The summed E-state index contributed by atoms with van der Waals surface area (Å²) in [5.41, 5.74) is 0.776. The maximum absolute atomic E-state index is 12.4. The average Bonchev–Trinajstić information content (AvgIpc) is 3.24. The van der Waals surface area contributed by atoms with Gasteiger partial charge in [0.2, 0.25) is 0 Å². The van der Waals surface area contributed by atoms with Gasteiger partial charge in [-0.05, 0) is 42.5 Å². The first-order valence-corrected chi connectivity index (χ1v) is 9.28. The topological polar surface area (TPSA) is 116 Å². The Hall–Kier alpha value is -3.92. The maximum atomic E-state index is 12.4. The van der Waals surface area contributed by atoms with Crippen LogP contribution in [0, 0.1) is 10.1 Å². The number of fused-ring (bicyclic) bond motifs is 1. The van der Waals surface area contributed by atoms with Crippen molar-refractivity contribution in [3.8, 4) is 22.8 Å². The predicted octanol–water partition coefficient (Wildman–Crippen LogP) is 3.75. The number of carbonyl (C=O) groups is 1. The molecule has 10 heteroatoms. The lowest BCUT2D eigenvalue weighted by atomic mass is 10.1. The summed E-state index contributed by atoms with van der Waals surface area (Å²) >= 11 is 5.18. The SMILES string of the molecule is O=C(NC(=S)Nc1ccc2c(c1)OCCO2)c1ccc(-c2ccccc2[N+](=O)[O-])o1. The van der Waals surface area contributed by atoms with Crippen LogP contribution in [0.4, 0.5) is 11.4 Å². The summed E-state index contributed by atoms with van der Waals surface area (Å²) in [6.07, 6.45) is 0. The molecule has 0 saturated heterocycles. The minimum Gasteiger partial charge on any atom is -0.486 e. The molecule has 152 valence electrons. The van der Waals surface area contributed by atoms with Crippen molar-refractivity contribution in [2.75, 3.05) is 18.5 Å². The Kier molecular flexibility index (Phi) is 5.31. The number of benzene rings is 2. The van der Waals surface area contributed by atoms with Crippen molar-refractivity contribution in [1.82, 2.24) is 5.32 Å². The third kappa shape index (κ3) is 4.08. The first kappa shape index (κ1) is 19.4. The molecule has 1 amide bonds. The number of furan rings is 1. The van der Waals surface area contributed by atoms with Crippen LogP contribution < -0.4 is 20.1 Å². The highest BCUT2D eigenvalue weighted by Crippen LogP contribution is 2.33. The first-order chi connectivity index (χ1) is 14.5. The molecular formula is C20H15N3O6S. The van der Waals surface area contributed by atoms with Crippen LogP contribution >= 0.6 is 12.2 Å². The Morgan fingerprint density at radius 1 is 1.03 bits per heavy atom. The monoisotopic (exact) mass is 425 g/mol. The van der Waals surface area contributed by atoms with Crippen LogP contribution in [0.25, 0.3) is 11.3 Å². The van der Waals surface area contributed by atoms with Crippen molar-refractivity contribution in [2.24, 2.45) is 0 Å². The highest BCUT2D eigenvalue weighted by molar-refractivity contribution is 7.80. The molecule has 4 rings (SSSR count). The maximum Gasteiger partial charge on any atom is 0.293 e. The van der Waals surface area contributed by atoms with E-state index in [9.17, 15) is 14.9 Å². The lowest BCUT2D eigenvalue weighted by Crippen LogP contribution is -2.33. The number of carbonyl (C=O) groups excluding carboxylic acids is 1. The van der Waals surface area contributed by atoms with Gasteiger partial charge in [-0.2, -0.15) is 0 Å². The fourth-order valence-electron chi connectivity index (χ4n) is 2.89. The van der Waals surface area contributed by atoms with E-state index in [0.717, 1.165) is 0 Å². The van der Waals surface area contributed by atoms with E-state index in [4.69, 9.17) is 26.1 Å². The normalized spacial score (nSPS) is 12.1. The molecule has 0 unspecified atom stereocenters. The zero-order valence-corrected chi connectivity index (χ0v) is 16.2. The Labute approximate surface area is 175 Å². The minimum atomic E-state index is -0.588. The molecule has 0 atom stereocenters. The fraction of sp³-hybridized carbons (Fsp3) is 0.100. The molecule has 0 bridgehead atoms. The van der Waals surface area contributed by atoms with Crippen molar-refractivity contribution >= 4 is 34.6 Å². The summed E-state index contributed by atoms with van der Waals surface area (Å²) in [6.45, 7) is 0.948. The van der Waals surface area contributed by atoms with Crippen molar-refractivity contribution in [1.29, 1.82) is 0 Å². The number of rotatable bonds is 4. The van der Waals surface area contributed by atoms with Crippen LogP contribution in [0.15, 0.2) is 59.0 Å². The van der Waals surface area contributed by atoms with Crippen molar-refractivity contribution in [2.45, 2.75) is 0 Å². The number of para-hydroxylation sites is 1. The molecule has 2 aromatic carbocycles. The minimum absolute atomic E-state index is 0.0329. The number of ether oxygens (including phenoxy) is 2. The van der Waals surface area contributed by atoms with Crippen molar-refractivity contribution in [3.63, 3.8) is 0 Å². The van der Waals surface area contributed by atoms with Gasteiger partial charge in [0, 0.05) is 17.8 Å². The van der Waals surface area contributed by atoms with E-state index in [2.05, 4.69) is 10.6 Å². The van der Waals surface area contributed by atoms with Gasteiger partial charge in [-0.3, -0.25) is 20.2 Å². The molecule has 0 fully saturated rings. The Morgan fingerprint density at radius 2 is 1.80 bits per heavy atom. The van der Waals surface area contributed by atoms with Gasteiger partial charge in [0.25, 0.3) is 11.6 Å². The Morgan fingerprint density at radius 3 is 2.60 bits per heavy atom. The second-order valence-electron chi connectivity index (χ2n) is 6.20. The quantitative estimate of drug-likeness (QED) is 0.369. The van der Waals surface area contributed by atoms with E-state index in [0.29, 0.717) is 30.4 Å². The van der Waals surface area contributed by atoms with E-state index >= 15 is 0 Å². The highest BCUT2D eigenvalue weighted by atomic mass is 32.1. The Bertz CT molecular complexity index is 1140. The summed E-state index contributed by atoms with van der Waals surface area (Å²) in [6, 6.07) is 14.2. The van der Waals surface area contributed by atoms with Gasteiger partial charge in [-0.15, -0.1) is 0 Å². The summed E-state index contributed by atoms with van der Waals surface area (Å²) in [7, 11) is 0. The van der Waals surface area contributed by atoms with E-state index in [1.54, 1.807) is 36.4 Å². The van der Waals surface area contributed by atoms with Gasteiger partial charge in [-0.25, -0.2) is 0 Å². The zero-order valence-electron chi connectivity index (χ0n) is 15.4. The smallest absolute Gasteiger partial charge is 0.293 e. The number of anilines is 1. The van der Waals surface area contributed by atoms with E-state index in [-0.39, 0.29) is 27.9 Å². The van der Waals surface area contributed by atoms with E-state index in [1.165, 1.54) is 18.2 Å². The molecule has 0 radical (unpaired) electrons. The summed E-state index contributed by atoms with van der Waals surface area (Å²) in [4.78, 5) is 23.1. The number of nitrogens with one attached hydrogen (secondary N) is 2. The second-order valence-corrected chi connectivity index (χ2v) is 6.61. The summed E-state index contributed by atoms with van der Waals surface area (Å²) < 4.78 is 16.5. The van der Waals surface area contributed by atoms with Crippen LogP contribution in [0.2, 0.25) is 0 Å². The van der Waals surface area contributed by atoms with Gasteiger partial charge < -0.3 is 19.2 Å². The number of amides is 1. The van der Waals surface area contributed by atoms with Gasteiger partial charge in [0.15, 0.2) is 22.4 Å². The molecule has 0 aliphatic carbocycles. The number of nitro groups is 1. The largest absolute Gasteiger partial charge is 0.486 e. The number of hydrogen-bond donors (Lipinski definition) is 2. The first-order valence-electron chi connectivity index (χ1n) is 8.87. The molecule has 30 heavy (non-hydrogen) atoms. The molecule has 0 saturated carbocycles. The highest BCUT2D eigenvalue weighted by Gasteiger charge is 2.20. The van der Waals surface area contributed by atoms with Crippen LogP contribution in [0.5, 0.6) is 11.5 Å². The van der Waals surface area contributed by atoms with Gasteiger partial charge in [-0.1, -0.05) is 12.1 Å². The van der Waals surface area contributed by atoms with Crippen LogP contribution in [0.3, 0.4) is 0 Å². The molecule has 1 aromatic heterocycles. The molecule has 2 N–H and O–H groups in total. The standard InChI is InChI=1S/C20H15N3O6S/c24-19(17-8-7-15(29-17)13-3-1-2-4-14(13)23(25)26)22-20(30)21-12-5-6-16-18(11-12)28-10-9-27-16/h1-8,11H,9-10H2,(H2,21,22,24,30). The van der Waals surface area contributed by atoms with Gasteiger partial charge >= 0.3 is 0 Å². The van der Waals surface area contributed by atoms with Crippen LogP contribution in [-0.2, 0) is 0 Å². The van der Waals surface area contributed by atoms with E-state index < -0.39 is 10.8 Å². The molecule has 9 nitrogen and oxygen atoms in total. The number of nitro benzene ring substituents is 1. The summed E-state index contributed by atoms with van der Waals surface area (Å²) in [5.74, 6) is 0.808. The van der Waals surface area contributed by atoms with Crippen LogP contribution in [0.1, 0.15) is 10.6 Å². The van der Waals surface area contributed by atoms with Gasteiger partial charge in [0.1, 0.15) is 19.0 Å². The molecule has 1 aliphatic heterocycles. The Balaban J connectivity index is 1.43. The molecule has 2 heterocycles. The van der Waals surface area contributed by atoms with Gasteiger partial charge in [0.05, 0.1) is 10.5 Å². The molecular weight excluding hydrogens is 410 g/mol. The number of hydrogen-bond acceptors (Lipinski definition) is 7. The van der Waals surface area contributed by atoms with Crippen molar-refractivity contribution in [3.05, 3.63) is 70.5 Å². The molecule has 3 aromatic rings. The summed E-state index contributed by atoms with van der Waals surface area (Å²) in [5, 5.41) is 16.6. The lowest BCUT2D eigenvalue weighted by molar-refractivity contribution is -0.384. The molecule has 0 spiro atoms. The van der Waals surface area contributed by atoms with Crippen molar-refractivity contribution < 1.29 is 23.6 Å². The lowest BCUT2D eigenvalue weighted by Gasteiger charge is -2.19. The fourth-order valence-corrected chi connectivity index (χ4v) is 3.10. The average molecular weight is 425 g/mol. The van der Waals surface area contributed by atoms with E-state index in [1.807, 2.05) is 0 Å². The second kappa shape index (κ2) is 8.21. The molecule has 1 aliphatic rings. The third-order valence-electron chi connectivity index (χ3n) is 4.22. The zero-order chi connectivity index (χ0) is 21.1.